The summed E-state index contributed by atoms with van der Waals surface area (Å²) in [5, 5.41) is 3.94. The number of carbonyl (C=O) groups excluding carboxylic acids is 3. The van der Waals surface area contributed by atoms with E-state index < -0.39 is 41.3 Å². The number of benzene rings is 3. The fourth-order valence-electron chi connectivity index (χ4n) is 4.41. The van der Waals surface area contributed by atoms with Crippen molar-refractivity contribution in [2.75, 3.05) is 13.7 Å². The number of rotatable bonds is 9. The number of methoxy groups -OCH3 is 1. The summed E-state index contributed by atoms with van der Waals surface area (Å²) in [6.45, 7) is -0.231. The number of nitrogens with zero attached hydrogens (tertiary/aromatic N) is 1. The highest BCUT2D eigenvalue weighted by molar-refractivity contribution is 8.02. The molecule has 194 valence electrons. The molecule has 0 bridgehead atoms. The minimum absolute atomic E-state index is 0.231. The van der Waals surface area contributed by atoms with Gasteiger partial charge in [-0.05, 0) is 23.3 Å². The lowest BCUT2D eigenvalue weighted by Crippen LogP contribution is -2.74. The highest BCUT2D eigenvalue weighted by Crippen LogP contribution is 2.41. The number of para-hydroxylation sites is 1. The van der Waals surface area contributed by atoms with Gasteiger partial charge in [-0.3, -0.25) is 9.59 Å². The first kappa shape index (κ1) is 25.4. The Kier molecular flexibility index (Phi) is 7.65. The molecule has 9 heteroatoms. The van der Waals surface area contributed by atoms with Crippen molar-refractivity contribution in [3.8, 4) is 5.75 Å². The van der Waals surface area contributed by atoms with Gasteiger partial charge in [0, 0.05) is 5.41 Å². The van der Waals surface area contributed by atoms with E-state index in [2.05, 4.69) is 5.32 Å². The maximum atomic E-state index is 13.6. The minimum atomic E-state index is -1.07. The van der Waals surface area contributed by atoms with Gasteiger partial charge in [-0.15, -0.1) is 11.8 Å². The molecule has 3 atom stereocenters. The summed E-state index contributed by atoms with van der Waals surface area (Å²) >= 11 is 1.30. The lowest BCUT2D eigenvalue weighted by molar-refractivity contribution is -0.167. The van der Waals surface area contributed by atoms with Crippen LogP contribution in [0.4, 0.5) is 0 Å². The summed E-state index contributed by atoms with van der Waals surface area (Å²) < 4.78 is 17.0. The molecule has 2 heterocycles. The maximum Gasteiger partial charge on any atom is 0.337 e. The zero-order chi connectivity index (χ0) is 26.5. The summed E-state index contributed by atoms with van der Waals surface area (Å²) in [5.74, 6) is -0.580. The normalized spacial score (nSPS) is 20.1. The second-order valence-corrected chi connectivity index (χ2v) is 9.68. The first-order chi connectivity index (χ1) is 18.6. The van der Waals surface area contributed by atoms with E-state index in [1.807, 2.05) is 66.7 Å². The van der Waals surface area contributed by atoms with E-state index in [0.29, 0.717) is 11.5 Å². The van der Waals surface area contributed by atoms with Gasteiger partial charge in [-0.2, -0.15) is 0 Å². The largest absolute Gasteiger partial charge is 0.498 e. The molecule has 1 fully saturated rings. The smallest absolute Gasteiger partial charge is 0.337 e. The predicted molar refractivity (Wildman–Crippen MR) is 142 cm³/mol. The molecule has 1 saturated heterocycles. The Morgan fingerprint density at radius 3 is 2.08 bits per heavy atom. The average Bonchev–Trinajstić information content (AvgIpc) is 2.98. The molecule has 2 amide bonds. The molecular weight excluding hydrogens is 504 g/mol. The number of esters is 1. The Morgan fingerprint density at radius 2 is 1.50 bits per heavy atom. The van der Waals surface area contributed by atoms with E-state index in [-0.39, 0.29) is 6.61 Å². The number of thioether (sulfide) groups is 1. The summed E-state index contributed by atoms with van der Waals surface area (Å²) in [5.41, 5.74) is 1.60. The minimum Gasteiger partial charge on any atom is -0.498 e. The molecule has 8 nitrogen and oxygen atoms in total. The van der Waals surface area contributed by atoms with E-state index in [9.17, 15) is 14.4 Å². The van der Waals surface area contributed by atoms with Crippen molar-refractivity contribution in [1.29, 1.82) is 0 Å². The van der Waals surface area contributed by atoms with Crippen LogP contribution < -0.4 is 10.1 Å². The highest BCUT2D eigenvalue weighted by atomic mass is 32.2. The van der Waals surface area contributed by atoms with Crippen LogP contribution in [-0.4, -0.2) is 53.9 Å². The Bertz CT molecular complexity index is 1280. The molecule has 5 rings (SSSR count). The second-order valence-electron chi connectivity index (χ2n) is 8.68. The Balaban J connectivity index is 1.30. The molecule has 0 aromatic heterocycles. The molecule has 3 aromatic rings. The van der Waals surface area contributed by atoms with Crippen LogP contribution in [-0.2, 0) is 23.9 Å². The quantitative estimate of drug-likeness (QED) is 0.333. The van der Waals surface area contributed by atoms with Crippen molar-refractivity contribution in [1.82, 2.24) is 10.2 Å². The van der Waals surface area contributed by atoms with Crippen LogP contribution >= 0.6 is 11.8 Å². The molecule has 2 aliphatic rings. The summed E-state index contributed by atoms with van der Waals surface area (Å²) in [6, 6.07) is 25.9. The number of amides is 2. The maximum absolute atomic E-state index is 13.6. The number of ether oxygens (including phenoxy) is 3. The van der Waals surface area contributed by atoms with Gasteiger partial charge in [-0.25, -0.2) is 4.79 Å². The third-order valence-electron chi connectivity index (χ3n) is 6.28. The molecule has 0 saturated carbocycles. The van der Waals surface area contributed by atoms with Gasteiger partial charge < -0.3 is 24.4 Å². The molecular formula is C29H26N2O6S. The van der Waals surface area contributed by atoms with E-state index in [1.54, 1.807) is 29.7 Å². The Morgan fingerprint density at radius 1 is 0.921 bits per heavy atom. The van der Waals surface area contributed by atoms with E-state index in [1.165, 1.54) is 23.8 Å². The predicted octanol–water partition coefficient (Wildman–Crippen LogP) is 3.65. The fraction of sp³-hybridized carbons (Fsp3) is 0.207. The van der Waals surface area contributed by atoms with Crippen LogP contribution in [0.3, 0.4) is 0 Å². The topological polar surface area (TPSA) is 94.2 Å². The van der Waals surface area contributed by atoms with E-state index in [0.717, 1.165) is 11.1 Å². The third kappa shape index (κ3) is 5.24. The Hall–Kier alpha value is -4.24. The van der Waals surface area contributed by atoms with Gasteiger partial charge in [0.15, 0.2) is 18.8 Å². The molecule has 3 aromatic carbocycles. The van der Waals surface area contributed by atoms with E-state index >= 15 is 0 Å². The monoisotopic (exact) mass is 530 g/mol. The Labute approximate surface area is 224 Å². The van der Waals surface area contributed by atoms with Crippen LogP contribution in [0.25, 0.3) is 0 Å². The van der Waals surface area contributed by atoms with Crippen molar-refractivity contribution in [3.63, 3.8) is 0 Å². The van der Waals surface area contributed by atoms with Gasteiger partial charge in [-0.1, -0.05) is 78.9 Å². The number of nitrogens with one attached hydrogen (secondary N) is 1. The molecule has 0 spiro atoms. The number of β-lactam (4-membered cyclic amide) rings is 1. The number of fused-ring (bicyclic) bond motifs is 1. The second kappa shape index (κ2) is 11.4. The first-order valence-electron chi connectivity index (χ1n) is 12.1. The zero-order valence-corrected chi connectivity index (χ0v) is 21.4. The third-order valence-corrected chi connectivity index (χ3v) is 7.42. The van der Waals surface area contributed by atoms with Crippen molar-refractivity contribution in [3.05, 3.63) is 113 Å². The number of hydrogen-bond acceptors (Lipinski definition) is 7. The van der Waals surface area contributed by atoms with Crippen LogP contribution in [0, 0.1) is 0 Å². The molecule has 0 radical (unpaired) electrons. The van der Waals surface area contributed by atoms with Gasteiger partial charge in [0.1, 0.15) is 22.9 Å². The van der Waals surface area contributed by atoms with Gasteiger partial charge in [0.2, 0.25) is 5.91 Å². The van der Waals surface area contributed by atoms with Crippen molar-refractivity contribution >= 4 is 29.5 Å². The van der Waals surface area contributed by atoms with Crippen molar-refractivity contribution in [2.24, 2.45) is 0 Å². The first-order valence-corrected chi connectivity index (χ1v) is 13.0. The van der Waals surface area contributed by atoms with Crippen molar-refractivity contribution < 1.29 is 28.6 Å². The standard InChI is InChI=1S/C29H26N2O6S/c1-35-22-18-38-28-24(30-23(32)17-36-21-15-9-4-10-16-21)27(33)31(28)25(22)29(34)37-26(19-11-5-2-6-12-19)20-13-7-3-8-14-20/h2-16,18,24-26,28H,17H2,1H3,(H,30,32)/t24-,25?,28+/m1/s1. The highest BCUT2D eigenvalue weighted by Gasteiger charge is 2.57. The van der Waals surface area contributed by atoms with Crippen LogP contribution in [0.1, 0.15) is 17.2 Å². The van der Waals surface area contributed by atoms with Crippen LogP contribution in [0.2, 0.25) is 0 Å². The molecule has 1 N–H and O–H groups in total. The van der Waals surface area contributed by atoms with Gasteiger partial charge in [0.05, 0.1) is 7.11 Å². The van der Waals surface area contributed by atoms with Crippen LogP contribution in [0.15, 0.2) is 102 Å². The SMILES string of the molecule is COC1=CS[C@H]2[C@H](NC(=O)COc3ccccc3)C(=O)N2C1C(=O)OC(c1ccccc1)c1ccccc1. The average molecular weight is 531 g/mol. The fourth-order valence-corrected chi connectivity index (χ4v) is 5.61. The number of carbonyl (C=O) groups is 3. The van der Waals surface area contributed by atoms with Crippen LogP contribution in [0.5, 0.6) is 5.75 Å². The summed E-state index contributed by atoms with van der Waals surface area (Å²) in [4.78, 5) is 40.7. The molecule has 38 heavy (non-hydrogen) atoms. The molecule has 1 unspecified atom stereocenters. The summed E-state index contributed by atoms with van der Waals surface area (Å²) in [7, 11) is 1.45. The van der Waals surface area contributed by atoms with Gasteiger partial charge in [0.25, 0.3) is 5.91 Å². The lowest BCUT2D eigenvalue weighted by Gasteiger charge is -2.51. The molecule has 0 aliphatic carbocycles. The lowest BCUT2D eigenvalue weighted by atomic mass is 10.00. The number of hydrogen-bond donors (Lipinski definition) is 1. The van der Waals surface area contributed by atoms with Crippen molar-refractivity contribution in [2.45, 2.75) is 23.6 Å². The van der Waals surface area contributed by atoms with E-state index in [4.69, 9.17) is 14.2 Å². The zero-order valence-electron chi connectivity index (χ0n) is 20.6. The summed E-state index contributed by atoms with van der Waals surface area (Å²) in [6.07, 6.45) is -0.668. The molecule has 2 aliphatic heterocycles. The van der Waals surface area contributed by atoms with Gasteiger partial charge >= 0.3 is 5.97 Å².